The van der Waals surface area contributed by atoms with Gasteiger partial charge in [0.25, 0.3) is 15.9 Å². The smallest absolute Gasteiger partial charge is 0.412 e. The number of nitrogens with one attached hydrogen (secondary N) is 3. The summed E-state index contributed by atoms with van der Waals surface area (Å²) in [6.45, 7) is 4.94. The first-order chi connectivity index (χ1) is 21.0. The van der Waals surface area contributed by atoms with Crippen LogP contribution in [-0.2, 0) is 24.3 Å². The van der Waals surface area contributed by atoms with Crippen LogP contribution in [-0.4, -0.2) is 50.6 Å². The number of hydrogen-bond donors (Lipinski definition) is 3. The second-order valence-electron chi connectivity index (χ2n) is 10.2. The Labute approximate surface area is 266 Å². The Kier molecular flexibility index (Phi) is 11.1. The standard InChI is InChI=1S/C28H29BrFN5O9S/c1-28(2,3)44-27(38)32-21-13-12-19(16-20(21)30)34(29)18-10-8-17(9-11-18)26(37)33-45(41,42)23-7-5-6-22(25(23)35(39)40)31-15-14-24(36)43-4/h5-13,16,31H,14-15H2,1-4H3,(H,32,38)(H,33,37). The number of methoxy groups -OCH3 is 1. The number of benzene rings is 3. The molecule has 0 unspecified atom stereocenters. The minimum Gasteiger partial charge on any atom is -0.469 e. The van der Waals surface area contributed by atoms with E-state index >= 15 is 0 Å². The van der Waals surface area contributed by atoms with Gasteiger partial charge in [0, 0.05) is 18.2 Å². The van der Waals surface area contributed by atoms with Crippen molar-refractivity contribution in [2.45, 2.75) is 37.7 Å². The number of amides is 2. The Morgan fingerprint density at radius 1 is 1.02 bits per heavy atom. The normalized spacial score (nSPS) is 11.2. The van der Waals surface area contributed by atoms with Crippen molar-refractivity contribution in [3.8, 4) is 0 Å². The Morgan fingerprint density at radius 2 is 1.67 bits per heavy atom. The fourth-order valence-electron chi connectivity index (χ4n) is 3.74. The molecule has 0 saturated heterocycles. The summed E-state index contributed by atoms with van der Waals surface area (Å²) in [5.74, 6) is -2.39. The molecule has 0 aliphatic carbocycles. The lowest BCUT2D eigenvalue weighted by Crippen LogP contribution is -2.31. The van der Waals surface area contributed by atoms with E-state index in [1.165, 1.54) is 59.6 Å². The van der Waals surface area contributed by atoms with Crippen LogP contribution in [0.1, 0.15) is 37.6 Å². The molecule has 0 aliphatic rings. The van der Waals surface area contributed by atoms with Crippen LogP contribution in [0.5, 0.6) is 0 Å². The van der Waals surface area contributed by atoms with Crippen molar-refractivity contribution in [2.24, 2.45) is 0 Å². The summed E-state index contributed by atoms with van der Waals surface area (Å²) in [7, 11) is -3.54. The number of carbonyl (C=O) groups excluding carboxylic acids is 3. The van der Waals surface area contributed by atoms with E-state index in [0.717, 1.165) is 12.1 Å². The molecule has 0 fully saturated rings. The lowest BCUT2D eigenvalue weighted by atomic mass is 10.2. The van der Waals surface area contributed by atoms with Crippen LogP contribution in [0.25, 0.3) is 0 Å². The van der Waals surface area contributed by atoms with Gasteiger partial charge in [0.05, 0.1) is 51.7 Å². The third-order valence-electron chi connectivity index (χ3n) is 5.74. The molecule has 0 saturated carbocycles. The molecular weight excluding hydrogens is 681 g/mol. The number of esters is 1. The van der Waals surface area contributed by atoms with Crippen molar-refractivity contribution in [3.05, 3.63) is 82.2 Å². The summed E-state index contributed by atoms with van der Waals surface area (Å²) in [5.41, 5.74) is -1.23. The zero-order chi connectivity index (χ0) is 33.5. The fraction of sp³-hybridized carbons (Fsp3) is 0.250. The van der Waals surface area contributed by atoms with Crippen LogP contribution < -0.4 is 19.3 Å². The summed E-state index contributed by atoms with van der Waals surface area (Å²) >= 11 is 3.31. The van der Waals surface area contributed by atoms with Gasteiger partial charge in [-0.3, -0.25) is 28.9 Å². The van der Waals surface area contributed by atoms with Crippen molar-refractivity contribution in [2.75, 3.05) is 28.2 Å². The summed E-state index contributed by atoms with van der Waals surface area (Å²) in [6.07, 6.45) is -0.954. The maximum Gasteiger partial charge on any atom is 0.412 e. The van der Waals surface area contributed by atoms with E-state index in [0.29, 0.717) is 11.4 Å². The molecule has 0 spiro atoms. The molecule has 3 aromatic rings. The van der Waals surface area contributed by atoms with Gasteiger partial charge in [-0.05, 0) is 69.3 Å². The molecule has 45 heavy (non-hydrogen) atoms. The van der Waals surface area contributed by atoms with Gasteiger partial charge < -0.3 is 14.8 Å². The molecule has 240 valence electrons. The predicted molar refractivity (Wildman–Crippen MR) is 167 cm³/mol. The molecule has 17 heteroatoms. The molecule has 14 nitrogen and oxygen atoms in total. The summed E-state index contributed by atoms with van der Waals surface area (Å²) in [6, 6.07) is 12.9. The number of ether oxygens (including phenoxy) is 2. The maximum atomic E-state index is 14.7. The summed E-state index contributed by atoms with van der Waals surface area (Å²) < 4.78 is 53.7. The van der Waals surface area contributed by atoms with Gasteiger partial charge in [-0.15, -0.1) is 0 Å². The Bertz CT molecular complexity index is 1710. The number of rotatable bonds is 11. The van der Waals surface area contributed by atoms with E-state index in [4.69, 9.17) is 4.74 Å². The molecule has 0 aromatic heterocycles. The maximum absolute atomic E-state index is 14.7. The van der Waals surface area contributed by atoms with Gasteiger partial charge in [-0.1, -0.05) is 6.07 Å². The molecule has 3 N–H and O–H groups in total. The molecule has 0 heterocycles. The summed E-state index contributed by atoms with van der Waals surface area (Å²) in [5, 5.41) is 16.8. The number of hydrogen-bond acceptors (Lipinski definition) is 11. The van der Waals surface area contributed by atoms with Gasteiger partial charge in [0.1, 0.15) is 17.1 Å². The van der Waals surface area contributed by atoms with Gasteiger partial charge in [0.2, 0.25) is 0 Å². The van der Waals surface area contributed by atoms with E-state index in [2.05, 4.69) is 31.5 Å². The van der Waals surface area contributed by atoms with E-state index in [1.54, 1.807) is 20.8 Å². The predicted octanol–water partition coefficient (Wildman–Crippen LogP) is 5.62. The zero-order valence-corrected chi connectivity index (χ0v) is 26.8. The molecular formula is C28H29BrFN5O9S. The second-order valence-corrected chi connectivity index (χ2v) is 12.6. The highest BCUT2D eigenvalue weighted by Gasteiger charge is 2.31. The molecule has 0 bridgehead atoms. The van der Waals surface area contributed by atoms with Gasteiger partial charge in [0.15, 0.2) is 4.90 Å². The lowest BCUT2D eigenvalue weighted by molar-refractivity contribution is -0.386. The van der Waals surface area contributed by atoms with E-state index in [-0.39, 0.29) is 29.9 Å². The van der Waals surface area contributed by atoms with Crippen LogP contribution in [0.15, 0.2) is 65.6 Å². The Morgan fingerprint density at radius 3 is 2.24 bits per heavy atom. The monoisotopic (exact) mass is 709 g/mol. The van der Waals surface area contributed by atoms with Crippen molar-refractivity contribution in [1.29, 1.82) is 0 Å². The number of halogens is 2. The van der Waals surface area contributed by atoms with Crippen molar-refractivity contribution in [3.63, 3.8) is 0 Å². The molecule has 0 aliphatic heterocycles. The minimum atomic E-state index is -4.72. The highest BCUT2D eigenvalue weighted by atomic mass is 79.9. The van der Waals surface area contributed by atoms with Gasteiger partial charge >= 0.3 is 17.7 Å². The first-order valence-electron chi connectivity index (χ1n) is 13.0. The highest BCUT2D eigenvalue weighted by Crippen LogP contribution is 2.33. The molecule has 0 radical (unpaired) electrons. The van der Waals surface area contributed by atoms with Crippen LogP contribution in [0.4, 0.5) is 37.6 Å². The average Bonchev–Trinajstić information content (AvgIpc) is 2.96. The Balaban J connectivity index is 1.74. The lowest BCUT2D eigenvalue weighted by Gasteiger charge is -2.20. The van der Waals surface area contributed by atoms with Crippen LogP contribution in [0.2, 0.25) is 0 Å². The SMILES string of the molecule is COC(=O)CCNc1cccc(S(=O)(=O)NC(=O)c2ccc(N(Br)c3ccc(NC(=O)OC(C)(C)C)c(F)c3)cc2)c1[N+](=O)[O-]. The van der Waals surface area contributed by atoms with Crippen molar-refractivity contribution in [1.82, 2.24) is 4.72 Å². The quantitative estimate of drug-likeness (QED) is 0.0970. The molecule has 0 atom stereocenters. The van der Waals surface area contributed by atoms with E-state index in [1.807, 2.05) is 4.72 Å². The fourth-order valence-corrected chi connectivity index (χ4v) is 5.37. The molecule has 3 aromatic carbocycles. The first-order valence-corrected chi connectivity index (χ1v) is 15.2. The van der Waals surface area contributed by atoms with E-state index in [9.17, 15) is 37.3 Å². The number of anilines is 4. The number of nitro benzene ring substituents is 1. The first kappa shape index (κ1) is 34.7. The highest BCUT2D eigenvalue weighted by molar-refractivity contribution is 9.10. The number of sulfonamides is 1. The van der Waals surface area contributed by atoms with Crippen LogP contribution in [0.3, 0.4) is 0 Å². The number of nitrogens with zero attached hydrogens (tertiary/aromatic N) is 2. The third-order valence-corrected chi connectivity index (χ3v) is 7.92. The topological polar surface area (TPSA) is 186 Å². The Hall–Kier alpha value is -4.77. The number of nitro groups is 1. The molecule has 3 rings (SSSR count). The number of para-hydroxylation sites is 1. The number of carbonyl (C=O) groups is 3. The zero-order valence-electron chi connectivity index (χ0n) is 24.4. The van der Waals surface area contributed by atoms with Crippen LogP contribution in [0, 0.1) is 15.9 Å². The summed E-state index contributed by atoms with van der Waals surface area (Å²) in [4.78, 5) is 46.3. The van der Waals surface area contributed by atoms with E-state index < -0.39 is 54.9 Å². The average molecular weight is 711 g/mol. The van der Waals surface area contributed by atoms with Crippen LogP contribution >= 0.6 is 16.1 Å². The minimum absolute atomic E-state index is 0.0694. The second kappa shape index (κ2) is 14.3. The van der Waals surface area contributed by atoms with Crippen molar-refractivity contribution >= 4 is 72.6 Å². The van der Waals surface area contributed by atoms with Gasteiger partial charge in [-0.25, -0.2) is 22.3 Å². The largest absolute Gasteiger partial charge is 0.469 e. The molecule has 2 amide bonds. The van der Waals surface area contributed by atoms with Crippen molar-refractivity contribution < 1.29 is 41.6 Å². The van der Waals surface area contributed by atoms with Gasteiger partial charge in [-0.2, -0.15) is 0 Å². The third kappa shape index (κ3) is 9.36.